The fourth-order valence-electron chi connectivity index (χ4n) is 3.56. The molecule has 1 atom stereocenters. The van der Waals surface area contributed by atoms with Gasteiger partial charge in [0.05, 0.1) is 19.3 Å². The highest BCUT2D eigenvalue weighted by atomic mass is 16.5. The highest BCUT2D eigenvalue weighted by molar-refractivity contribution is 4.92. The number of unbranched alkanes of at least 4 members (excludes halogenated alkanes) is 9. The monoisotopic (exact) mass is 449 g/mol. The Balaban J connectivity index is 3.51. The van der Waals surface area contributed by atoms with Crippen molar-refractivity contribution in [3.8, 4) is 0 Å². The van der Waals surface area contributed by atoms with Crippen molar-refractivity contribution in [3.05, 3.63) is 36.5 Å². The number of allylic oxidation sites excluding steroid dienone is 5. The van der Waals surface area contributed by atoms with Gasteiger partial charge in [-0.25, -0.2) is 0 Å². The van der Waals surface area contributed by atoms with Gasteiger partial charge in [0.2, 0.25) is 0 Å². The molecule has 0 saturated heterocycles. The molecule has 1 unspecified atom stereocenters. The normalized spacial score (nSPS) is 13.4. The van der Waals surface area contributed by atoms with Crippen LogP contribution in [-0.2, 0) is 9.47 Å². The van der Waals surface area contributed by atoms with Crippen LogP contribution in [0, 0.1) is 0 Å². The predicted octanol–water partition coefficient (Wildman–Crippen LogP) is 8.12. The first-order valence-electron chi connectivity index (χ1n) is 13.5. The van der Waals surface area contributed by atoms with Crippen molar-refractivity contribution in [1.82, 2.24) is 4.90 Å². The summed E-state index contributed by atoms with van der Waals surface area (Å²) < 4.78 is 11.9. The van der Waals surface area contributed by atoms with Crippen LogP contribution in [-0.4, -0.2) is 51.5 Å². The molecule has 0 aromatic carbocycles. The first-order valence-corrected chi connectivity index (χ1v) is 13.5. The molecule has 0 fully saturated rings. The second-order valence-electron chi connectivity index (χ2n) is 9.08. The molecule has 0 aromatic heterocycles. The highest BCUT2D eigenvalue weighted by Gasteiger charge is 2.10. The van der Waals surface area contributed by atoms with Gasteiger partial charge in [-0.05, 0) is 65.5 Å². The summed E-state index contributed by atoms with van der Waals surface area (Å²) in [4.78, 5) is 2.18. The summed E-state index contributed by atoms with van der Waals surface area (Å²) >= 11 is 0. The molecule has 0 spiro atoms. The molecular formula is C29H55NO2. The zero-order valence-corrected chi connectivity index (χ0v) is 22.0. The molecule has 0 aliphatic carbocycles. The second-order valence-corrected chi connectivity index (χ2v) is 9.08. The van der Waals surface area contributed by atoms with Crippen LogP contribution in [0.1, 0.15) is 104 Å². The van der Waals surface area contributed by atoms with Crippen LogP contribution < -0.4 is 0 Å². The molecule has 3 heteroatoms. The average Bonchev–Trinajstić information content (AvgIpc) is 2.77. The van der Waals surface area contributed by atoms with E-state index in [4.69, 9.17) is 9.47 Å². The van der Waals surface area contributed by atoms with E-state index < -0.39 is 0 Å². The van der Waals surface area contributed by atoms with Gasteiger partial charge >= 0.3 is 0 Å². The molecule has 0 bridgehead atoms. The summed E-state index contributed by atoms with van der Waals surface area (Å²) in [5.41, 5.74) is 0. The predicted molar refractivity (Wildman–Crippen MR) is 143 cm³/mol. The fourth-order valence-corrected chi connectivity index (χ4v) is 3.56. The van der Waals surface area contributed by atoms with Crippen LogP contribution in [0.4, 0.5) is 0 Å². The summed E-state index contributed by atoms with van der Waals surface area (Å²) in [6, 6.07) is 0. The lowest BCUT2D eigenvalue weighted by molar-refractivity contribution is -0.0261. The van der Waals surface area contributed by atoms with E-state index >= 15 is 0 Å². The smallest absolute Gasteiger partial charge is 0.0934 e. The number of likely N-dealkylation sites (N-methyl/N-ethyl adjacent to an activating group) is 1. The Kier molecular flexibility index (Phi) is 25.6. The third-order valence-electron chi connectivity index (χ3n) is 5.40. The van der Waals surface area contributed by atoms with E-state index in [2.05, 4.69) is 69.3 Å². The highest BCUT2D eigenvalue weighted by Crippen LogP contribution is 2.09. The van der Waals surface area contributed by atoms with E-state index in [-0.39, 0.29) is 6.10 Å². The molecule has 0 saturated carbocycles. The Morgan fingerprint density at radius 2 is 1.28 bits per heavy atom. The van der Waals surface area contributed by atoms with E-state index in [1.165, 1.54) is 70.6 Å². The number of ether oxygens (including phenoxy) is 2. The van der Waals surface area contributed by atoms with Crippen LogP contribution in [0.25, 0.3) is 0 Å². The molecular weight excluding hydrogens is 394 g/mol. The minimum Gasteiger partial charge on any atom is -0.379 e. The summed E-state index contributed by atoms with van der Waals surface area (Å²) in [5, 5.41) is 0. The van der Waals surface area contributed by atoms with E-state index in [0.29, 0.717) is 6.61 Å². The van der Waals surface area contributed by atoms with E-state index in [1.807, 2.05) is 0 Å². The number of nitrogens with zero attached hydrogens (tertiary/aromatic N) is 1. The van der Waals surface area contributed by atoms with Gasteiger partial charge in [0.15, 0.2) is 0 Å². The number of hydrogen-bond donors (Lipinski definition) is 0. The Morgan fingerprint density at radius 3 is 1.94 bits per heavy atom. The van der Waals surface area contributed by atoms with E-state index in [9.17, 15) is 0 Å². The lowest BCUT2D eigenvalue weighted by Gasteiger charge is -2.21. The van der Waals surface area contributed by atoms with Crippen LogP contribution in [0.5, 0.6) is 0 Å². The minimum atomic E-state index is 0.171. The molecule has 0 aromatic rings. The van der Waals surface area contributed by atoms with Crippen LogP contribution in [0.3, 0.4) is 0 Å². The molecule has 3 nitrogen and oxygen atoms in total. The first-order chi connectivity index (χ1) is 15.7. The van der Waals surface area contributed by atoms with Crippen LogP contribution in [0.2, 0.25) is 0 Å². The van der Waals surface area contributed by atoms with Gasteiger partial charge in [-0.2, -0.15) is 0 Å². The maximum atomic E-state index is 6.01. The second kappa shape index (κ2) is 26.4. The molecule has 32 heavy (non-hydrogen) atoms. The van der Waals surface area contributed by atoms with Crippen molar-refractivity contribution >= 4 is 0 Å². The van der Waals surface area contributed by atoms with Crippen molar-refractivity contribution < 1.29 is 9.47 Å². The zero-order valence-electron chi connectivity index (χ0n) is 22.0. The van der Waals surface area contributed by atoms with Crippen molar-refractivity contribution in [2.45, 2.75) is 110 Å². The molecule has 0 heterocycles. The maximum absolute atomic E-state index is 6.01. The molecule has 0 aliphatic heterocycles. The third-order valence-corrected chi connectivity index (χ3v) is 5.40. The standard InChI is InChI=1S/C29H55NO2/c1-5-7-9-11-12-13-14-15-16-17-18-19-20-21-22-23-25-31-28-29(27-30(3)4)32-26-24-10-8-6-2/h8,10,12-13,15-16,29H,5-7,9,11,14,17-28H2,1-4H3. The fraction of sp³-hybridized carbons (Fsp3) is 0.793. The molecule has 0 N–H and O–H groups in total. The largest absolute Gasteiger partial charge is 0.379 e. The maximum Gasteiger partial charge on any atom is 0.0934 e. The van der Waals surface area contributed by atoms with Crippen molar-refractivity contribution in [2.24, 2.45) is 0 Å². The van der Waals surface area contributed by atoms with Gasteiger partial charge in [-0.1, -0.05) is 88.8 Å². The number of hydrogen-bond acceptors (Lipinski definition) is 3. The van der Waals surface area contributed by atoms with Gasteiger partial charge < -0.3 is 14.4 Å². The Hall–Kier alpha value is -0.900. The van der Waals surface area contributed by atoms with E-state index in [1.54, 1.807) is 0 Å². The van der Waals surface area contributed by atoms with Crippen LogP contribution >= 0.6 is 0 Å². The summed E-state index contributed by atoms with van der Waals surface area (Å²) in [7, 11) is 4.19. The quantitative estimate of drug-likeness (QED) is 0.110. The Morgan fingerprint density at radius 1 is 0.656 bits per heavy atom. The molecule has 0 radical (unpaired) electrons. The van der Waals surface area contributed by atoms with Crippen molar-refractivity contribution in [3.63, 3.8) is 0 Å². The van der Waals surface area contributed by atoms with Gasteiger partial charge in [-0.15, -0.1) is 0 Å². The lowest BCUT2D eigenvalue weighted by atomic mass is 10.1. The SMILES string of the molecule is CCC=CCCOC(COCCCCCCCCC=CCC=CCCCCC)CN(C)C. The topological polar surface area (TPSA) is 21.7 Å². The third kappa shape index (κ3) is 25.4. The molecule has 0 rings (SSSR count). The summed E-state index contributed by atoms with van der Waals surface area (Å²) in [6.45, 7) is 7.68. The Bertz CT molecular complexity index is 442. The van der Waals surface area contributed by atoms with Crippen LogP contribution in [0.15, 0.2) is 36.5 Å². The van der Waals surface area contributed by atoms with Gasteiger partial charge in [0.25, 0.3) is 0 Å². The Labute approximate surface area is 201 Å². The average molecular weight is 450 g/mol. The van der Waals surface area contributed by atoms with Gasteiger partial charge in [0, 0.05) is 13.2 Å². The minimum absolute atomic E-state index is 0.171. The molecule has 188 valence electrons. The first kappa shape index (κ1) is 31.1. The number of rotatable bonds is 24. The van der Waals surface area contributed by atoms with Gasteiger partial charge in [0.1, 0.15) is 0 Å². The van der Waals surface area contributed by atoms with Gasteiger partial charge in [-0.3, -0.25) is 0 Å². The lowest BCUT2D eigenvalue weighted by Crippen LogP contribution is -2.32. The zero-order chi connectivity index (χ0) is 23.5. The van der Waals surface area contributed by atoms with E-state index in [0.717, 1.165) is 39.0 Å². The molecule has 0 amide bonds. The van der Waals surface area contributed by atoms with Crippen molar-refractivity contribution in [2.75, 3.05) is 40.5 Å². The summed E-state index contributed by atoms with van der Waals surface area (Å²) in [6.07, 6.45) is 31.4. The summed E-state index contributed by atoms with van der Waals surface area (Å²) in [5.74, 6) is 0. The molecule has 0 aliphatic rings. The van der Waals surface area contributed by atoms with Crippen molar-refractivity contribution in [1.29, 1.82) is 0 Å².